The van der Waals surface area contributed by atoms with Crippen LogP contribution in [0.1, 0.15) is 51.5 Å². The first-order valence-electron chi connectivity index (χ1n) is 11.5. The van der Waals surface area contributed by atoms with Crippen molar-refractivity contribution < 1.29 is 4.79 Å². The number of fused-ring (bicyclic) bond motifs is 1. The first-order chi connectivity index (χ1) is 16.1. The minimum absolute atomic E-state index is 0.236. The number of unbranched alkanes of at least 4 members (excludes halogenated alkanes) is 1. The number of amides is 1. The fourth-order valence-corrected chi connectivity index (χ4v) is 4.08. The molecule has 3 aromatic rings. The molecule has 1 saturated heterocycles. The minimum Gasteiger partial charge on any atom is -0.346 e. The number of hydrogen-bond acceptors (Lipinski definition) is 7. The molecule has 1 fully saturated rings. The Morgan fingerprint density at radius 3 is 2.91 bits per heavy atom. The minimum atomic E-state index is -0.236. The molecule has 0 saturated carbocycles. The average molecular weight is 445 g/mol. The Hall–Kier alpha value is -3.46. The number of carbonyl (C=O) groups excluding carboxylic acids is 1. The van der Waals surface area contributed by atoms with Crippen LogP contribution in [-0.2, 0) is 25.9 Å². The molecule has 2 N–H and O–H groups in total. The maximum Gasteiger partial charge on any atom is 0.273 e. The zero-order chi connectivity index (χ0) is 22.6. The Labute approximate surface area is 192 Å². The van der Waals surface area contributed by atoms with Gasteiger partial charge in [0.2, 0.25) is 0 Å². The van der Waals surface area contributed by atoms with Gasteiger partial charge in [0.1, 0.15) is 0 Å². The third-order valence-corrected chi connectivity index (χ3v) is 6.24. The van der Waals surface area contributed by atoms with Crippen molar-refractivity contribution in [2.45, 2.75) is 45.7 Å². The Bertz CT molecular complexity index is 1160. The van der Waals surface area contributed by atoms with Crippen LogP contribution in [0.4, 0.5) is 0 Å². The van der Waals surface area contributed by atoms with E-state index >= 15 is 0 Å². The number of pyridine rings is 1. The van der Waals surface area contributed by atoms with Gasteiger partial charge < -0.3 is 10.6 Å². The number of aromatic nitrogens is 6. The molecular formula is C24H28N8O. The Kier molecular flexibility index (Phi) is 6.21. The van der Waals surface area contributed by atoms with Crippen molar-refractivity contribution in [1.82, 2.24) is 40.8 Å². The van der Waals surface area contributed by atoms with E-state index in [4.69, 9.17) is 0 Å². The smallest absolute Gasteiger partial charge is 0.273 e. The molecule has 1 aliphatic heterocycles. The van der Waals surface area contributed by atoms with E-state index in [9.17, 15) is 4.79 Å². The predicted octanol–water partition coefficient (Wildman–Crippen LogP) is 1.88. The second-order valence-corrected chi connectivity index (χ2v) is 8.80. The average Bonchev–Trinajstić information content (AvgIpc) is 3.41. The van der Waals surface area contributed by atoms with Crippen LogP contribution in [-0.4, -0.2) is 49.2 Å². The molecule has 33 heavy (non-hydrogen) atoms. The van der Waals surface area contributed by atoms with Crippen molar-refractivity contribution in [3.8, 4) is 0 Å². The molecule has 5 rings (SSSR count). The SMILES string of the molecule is Cc1ccc(CNC(=O)c2cn(CCCCc3cc4c(nn3)CC(C3CNC3)=C4)nn2)cn1. The highest BCUT2D eigenvalue weighted by molar-refractivity contribution is 5.91. The molecule has 0 radical (unpaired) electrons. The van der Waals surface area contributed by atoms with Gasteiger partial charge in [-0.3, -0.25) is 14.5 Å². The van der Waals surface area contributed by atoms with Gasteiger partial charge in [0.15, 0.2) is 5.69 Å². The number of carbonyl (C=O) groups is 1. The molecule has 0 aromatic carbocycles. The fraction of sp³-hybridized carbons (Fsp3) is 0.417. The second-order valence-electron chi connectivity index (χ2n) is 8.80. The van der Waals surface area contributed by atoms with Crippen LogP contribution in [0.15, 0.2) is 36.2 Å². The lowest BCUT2D eigenvalue weighted by atomic mass is 9.93. The summed E-state index contributed by atoms with van der Waals surface area (Å²) in [5.74, 6) is 0.428. The van der Waals surface area contributed by atoms with Crippen molar-refractivity contribution in [1.29, 1.82) is 0 Å². The molecule has 170 valence electrons. The third-order valence-electron chi connectivity index (χ3n) is 6.24. The van der Waals surface area contributed by atoms with Crippen LogP contribution < -0.4 is 10.6 Å². The molecule has 3 aromatic heterocycles. The molecular weight excluding hydrogens is 416 g/mol. The van der Waals surface area contributed by atoms with Crippen molar-refractivity contribution in [2.24, 2.45) is 5.92 Å². The highest BCUT2D eigenvalue weighted by Crippen LogP contribution is 2.30. The van der Waals surface area contributed by atoms with Gasteiger partial charge in [0.05, 0.1) is 17.6 Å². The lowest BCUT2D eigenvalue weighted by Gasteiger charge is -2.28. The summed E-state index contributed by atoms with van der Waals surface area (Å²) in [5, 5.41) is 23.2. The van der Waals surface area contributed by atoms with Crippen LogP contribution in [0, 0.1) is 12.8 Å². The van der Waals surface area contributed by atoms with Crippen LogP contribution >= 0.6 is 0 Å². The lowest BCUT2D eigenvalue weighted by molar-refractivity contribution is 0.0946. The molecule has 0 atom stereocenters. The standard InChI is InChI=1S/C24H28N8O/c1-16-5-6-17(11-26-16)12-27-24(33)23-15-32(31-30-23)7-3-2-4-21-9-19-8-18(20-13-25-14-20)10-22(19)29-28-21/h5-6,8-9,11,15,20,25H,2-4,7,10,12-14H2,1H3,(H,27,33). The zero-order valence-corrected chi connectivity index (χ0v) is 18.8. The molecule has 0 bridgehead atoms. The molecule has 9 nitrogen and oxygen atoms in total. The van der Waals surface area contributed by atoms with Gasteiger partial charge in [-0.15, -0.1) is 5.10 Å². The summed E-state index contributed by atoms with van der Waals surface area (Å²) in [5.41, 5.74) is 7.07. The zero-order valence-electron chi connectivity index (χ0n) is 18.8. The highest BCUT2D eigenvalue weighted by atomic mass is 16.2. The van der Waals surface area contributed by atoms with Gasteiger partial charge in [0.25, 0.3) is 5.91 Å². The van der Waals surface area contributed by atoms with Gasteiger partial charge in [0, 0.05) is 50.4 Å². The van der Waals surface area contributed by atoms with Gasteiger partial charge >= 0.3 is 0 Å². The van der Waals surface area contributed by atoms with Gasteiger partial charge in [-0.1, -0.05) is 22.9 Å². The van der Waals surface area contributed by atoms with Crippen molar-refractivity contribution in [2.75, 3.05) is 13.1 Å². The topological polar surface area (TPSA) is 111 Å². The van der Waals surface area contributed by atoms with Crippen molar-refractivity contribution in [3.05, 3.63) is 70.1 Å². The third kappa shape index (κ3) is 5.14. The van der Waals surface area contributed by atoms with E-state index in [0.717, 1.165) is 61.4 Å². The molecule has 1 aliphatic carbocycles. The summed E-state index contributed by atoms with van der Waals surface area (Å²) in [6, 6.07) is 6.06. The molecule has 1 amide bonds. The van der Waals surface area contributed by atoms with E-state index in [1.165, 1.54) is 11.1 Å². The normalized spacial score (nSPS) is 15.1. The van der Waals surface area contributed by atoms with Crippen LogP contribution in [0.25, 0.3) is 6.08 Å². The largest absolute Gasteiger partial charge is 0.346 e. The van der Waals surface area contributed by atoms with E-state index in [1.807, 2.05) is 19.1 Å². The summed E-state index contributed by atoms with van der Waals surface area (Å²) in [6.45, 7) is 5.21. The van der Waals surface area contributed by atoms with Crippen LogP contribution in [0.2, 0.25) is 0 Å². The van der Waals surface area contributed by atoms with Crippen LogP contribution in [0.5, 0.6) is 0 Å². The number of nitrogens with one attached hydrogen (secondary N) is 2. The number of nitrogens with zero attached hydrogens (tertiary/aromatic N) is 6. The summed E-state index contributed by atoms with van der Waals surface area (Å²) in [6.07, 6.45) is 9.47. The number of rotatable bonds is 9. The number of hydrogen-bond donors (Lipinski definition) is 2. The Morgan fingerprint density at radius 2 is 2.12 bits per heavy atom. The molecule has 0 spiro atoms. The Morgan fingerprint density at radius 1 is 1.21 bits per heavy atom. The summed E-state index contributed by atoms with van der Waals surface area (Å²) >= 11 is 0. The summed E-state index contributed by atoms with van der Waals surface area (Å²) in [7, 11) is 0. The first kappa shape index (κ1) is 21.4. The van der Waals surface area contributed by atoms with Crippen molar-refractivity contribution >= 4 is 12.0 Å². The van der Waals surface area contributed by atoms with E-state index in [0.29, 0.717) is 24.7 Å². The van der Waals surface area contributed by atoms with E-state index in [-0.39, 0.29) is 5.91 Å². The summed E-state index contributed by atoms with van der Waals surface area (Å²) in [4.78, 5) is 16.6. The first-order valence-corrected chi connectivity index (χ1v) is 11.5. The second kappa shape index (κ2) is 9.58. The molecule has 0 unspecified atom stereocenters. The molecule has 4 heterocycles. The fourth-order valence-electron chi connectivity index (χ4n) is 4.08. The van der Waals surface area contributed by atoms with Gasteiger partial charge in [-0.05, 0) is 49.4 Å². The maximum atomic E-state index is 12.3. The summed E-state index contributed by atoms with van der Waals surface area (Å²) < 4.78 is 1.72. The quantitative estimate of drug-likeness (QED) is 0.485. The predicted molar refractivity (Wildman–Crippen MR) is 123 cm³/mol. The number of aryl methyl sites for hydroxylation is 3. The molecule has 2 aliphatic rings. The highest BCUT2D eigenvalue weighted by Gasteiger charge is 2.26. The van der Waals surface area contributed by atoms with E-state index in [1.54, 1.807) is 17.1 Å². The Balaban J connectivity index is 1.06. The van der Waals surface area contributed by atoms with E-state index < -0.39 is 0 Å². The maximum absolute atomic E-state index is 12.3. The van der Waals surface area contributed by atoms with E-state index in [2.05, 4.69) is 48.3 Å². The monoisotopic (exact) mass is 444 g/mol. The molecule has 9 heteroatoms. The van der Waals surface area contributed by atoms with Gasteiger partial charge in [-0.2, -0.15) is 10.2 Å². The lowest BCUT2D eigenvalue weighted by Crippen LogP contribution is -2.42. The van der Waals surface area contributed by atoms with Crippen LogP contribution in [0.3, 0.4) is 0 Å². The van der Waals surface area contributed by atoms with Gasteiger partial charge in [-0.25, -0.2) is 0 Å². The van der Waals surface area contributed by atoms with Crippen molar-refractivity contribution in [3.63, 3.8) is 0 Å².